The summed E-state index contributed by atoms with van der Waals surface area (Å²) in [6, 6.07) is 12.4. The van der Waals surface area contributed by atoms with Crippen molar-refractivity contribution in [3.05, 3.63) is 77.9 Å². The average Bonchev–Trinajstić information content (AvgIpc) is 3.09. The van der Waals surface area contributed by atoms with Gasteiger partial charge in [-0.1, -0.05) is 48.1 Å². The molecule has 0 atom stereocenters. The lowest BCUT2D eigenvalue weighted by atomic mass is 9.99. The average molecular weight is 360 g/mol. The first-order valence-corrected chi connectivity index (χ1v) is 7.79. The summed E-state index contributed by atoms with van der Waals surface area (Å²) in [5, 5.41) is 7.77. The fourth-order valence-corrected chi connectivity index (χ4v) is 2.42. The Labute approximate surface area is 147 Å². The molecule has 4 nitrogen and oxygen atoms in total. The Morgan fingerprint density at radius 2 is 1.77 bits per heavy atom. The third kappa shape index (κ3) is 4.11. The Morgan fingerprint density at radius 3 is 2.46 bits per heavy atom. The van der Waals surface area contributed by atoms with Crippen LogP contribution in [0.2, 0.25) is 0 Å². The molecule has 7 heteroatoms. The number of aromatic nitrogens is 2. The predicted octanol–water partition coefficient (Wildman–Crippen LogP) is 4.91. The first kappa shape index (κ1) is 17.7. The third-order valence-corrected chi connectivity index (χ3v) is 3.65. The second-order valence-electron chi connectivity index (χ2n) is 5.50. The summed E-state index contributed by atoms with van der Waals surface area (Å²) in [4.78, 5) is 0. The zero-order valence-electron chi connectivity index (χ0n) is 13.7. The molecular formula is C19H15F3N2O2. The summed E-state index contributed by atoms with van der Waals surface area (Å²) >= 11 is 0. The number of nitrogens with zero attached hydrogens (tertiary/aromatic N) is 2. The summed E-state index contributed by atoms with van der Waals surface area (Å²) in [5.74, 6) is 0.284. The lowest BCUT2D eigenvalue weighted by molar-refractivity contribution is -0.137. The topological polar surface area (TPSA) is 48.2 Å². The van der Waals surface area contributed by atoms with Gasteiger partial charge >= 0.3 is 12.3 Å². The van der Waals surface area contributed by atoms with Gasteiger partial charge in [-0.05, 0) is 35.7 Å². The second kappa shape index (κ2) is 7.43. The second-order valence-corrected chi connectivity index (χ2v) is 5.50. The zero-order valence-corrected chi connectivity index (χ0v) is 13.7. The van der Waals surface area contributed by atoms with Crippen LogP contribution in [0.4, 0.5) is 13.2 Å². The smallest absolute Gasteiger partial charge is 0.416 e. The van der Waals surface area contributed by atoms with Gasteiger partial charge < -0.3 is 9.15 Å². The summed E-state index contributed by atoms with van der Waals surface area (Å²) in [7, 11) is 0. The molecule has 26 heavy (non-hydrogen) atoms. The van der Waals surface area contributed by atoms with E-state index in [4.69, 9.17) is 9.15 Å². The highest BCUT2D eigenvalue weighted by atomic mass is 19.4. The van der Waals surface area contributed by atoms with Crippen LogP contribution < -0.4 is 4.74 Å². The largest absolute Gasteiger partial charge is 0.445 e. The molecule has 1 heterocycles. The minimum atomic E-state index is -4.35. The van der Waals surface area contributed by atoms with Crippen LogP contribution in [0.1, 0.15) is 16.7 Å². The molecule has 0 aliphatic carbocycles. The Balaban J connectivity index is 1.83. The van der Waals surface area contributed by atoms with Crippen molar-refractivity contribution in [1.29, 1.82) is 0 Å². The molecule has 0 saturated carbocycles. The summed E-state index contributed by atoms with van der Waals surface area (Å²) in [6.07, 6.45) is -2.33. The standard InChI is InChI=1S/C19H15F3N2O2/c1-2-11-25-18-24-23-17(26-18)16-6-4-3-5-14(16)12-13-7-9-15(10-8-13)19(20,21)22/h2-10H,1,11-12H2. The van der Waals surface area contributed by atoms with Gasteiger partial charge in [0.25, 0.3) is 5.89 Å². The van der Waals surface area contributed by atoms with E-state index in [9.17, 15) is 13.2 Å². The molecule has 0 fully saturated rings. The zero-order chi connectivity index (χ0) is 18.6. The molecule has 0 saturated heterocycles. The molecule has 134 valence electrons. The van der Waals surface area contributed by atoms with E-state index < -0.39 is 11.7 Å². The van der Waals surface area contributed by atoms with Gasteiger partial charge in [-0.25, -0.2) is 0 Å². The number of halogens is 3. The Hall–Kier alpha value is -3.09. The van der Waals surface area contributed by atoms with Crippen molar-refractivity contribution >= 4 is 0 Å². The normalized spacial score (nSPS) is 11.3. The third-order valence-electron chi connectivity index (χ3n) is 3.65. The molecule has 1 aromatic heterocycles. The first-order valence-electron chi connectivity index (χ1n) is 7.79. The Morgan fingerprint density at radius 1 is 1.04 bits per heavy atom. The van der Waals surface area contributed by atoms with Crippen molar-refractivity contribution in [2.45, 2.75) is 12.6 Å². The highest BCUT2D eigenvalue weighted by molar-refractivity contribution is 5.59. The number of benzene rings is 2. The minimum Gasteiger partial charge on any atom is -0.445 e. The van der Waals surface area contributed by atoms with E-state index >= 15 is 0 Å². The number of rotatable bonds is 6. The summed E-state index contributed by atoms with van der Waals surface area (Å²) in [6.45, 7) is 3.78. The Bertz CT molecular complexity index is 886. The van der Waals surface area contributed by atoms with Crippen molar-refractivity contribution < 1.29 is 22.3 Å². The van der Waals surface area contributed by atoms with Crippen LogP contribution in [0.3, 0.4) is 0 Å². The van der Waals surface area contributed by atoms with Gasteiger partial charge in [-0.15, -0.1) is 5.10 Å². The van der Waals surface area contributed by atoms with Crippen molar-refractivity contribution in [3.63, 3.8) is 0 Å². The van der Waals surface area contributed by atoms with Crippen LogP contribution in [-0.2, 0) is 12.6 Å². The molecule has 0 aliphatic rings. The van der Waals surface area contributed by atoms with E-state index in [2.05, 4.69) is 16.8 Å². The molecule has 0 unspecified atom stereocenters. The number of alkyl halides is 3. The van der Waals surface area contributed by atoms with Gasteiger partial charge in [0, 0.05) is 5.56 Å². The first-order chi connectivity index (χ1) is 12.5. The van der Waals surface area contributed by atoms with Crippen LogP contribution in [0, 0.1) is 0 Å². The van der Waals surface area contributed by atoms with Gasteiger partial charge in [0.05, 0.1) is 5.56 Å². The maximum absolute atomic E-state index is 12.7. The van der Waals surface area contributed by atoms with E-state index in [0.29, 0.717) is 12.0 Å². The van der Waals surface area contributed by atoms with Crippen molar-refractivity contribution in [2.24, 2.45) is 0 Å². The number of hydrogen-bond donors (Lipinski definition) is 0. The number of hydrogen-bond acceptors (Lipinski definition) is 4. The van der Waals surface area contributed by atoms with E-state index in [1.54, 1.807) is 6.08 Å². The SMILES string of the molecule is C=CCOc1nnc(-c2ccccc2Cc2ccc(C(F)(F)F)cc2)o1. The van der Waals surface area contributed by atoms with Crippen molar-refractivity contribution in [1.82, 2.24) is 10.2 Å². The predicted molar refractivity (Wildman–Crippen MR) is 89.7 cm³/mol. The molecule has 0 N–H and O–H groups in total. The molecule has 0 radical (unpaired) electrons. The molecule has 2 aromatic carbocycles. The molecule has 0 aliphatic heterocycles. The van der Waals surface area contributed by atoms with Crippen LogP contribution >= 0.6 is 0 Å². The van der Waals surface area contributed by atoms with Gasteiger partial charge in [-0.2, -0.15) is 13.2 Å². The summed E-state index contributed by atoms with van der Waals surface area (Å²) < 4.78 is 48.7. The minimum absolute atomic E-state index is 0.0317. The van der Waals surface area contributed by atoms with E-state index in [1.807, 2.05) is 24.3 Å². The van der Waals surface area contributed by atoms with Crippen LogP contribution in [-0.4, -0.2) is 16.8 Å². The molecule has 0 spiro atoms. The van der Waals surface area contributed by atoms with Crippen molar-refractivity contribution in [3.8, 4) is 17.5 Å². The molecule has 0 bridgehead atoms. The quantitative estimate of drug-likeness (QED) is 0.586. The van der Waals surface area contributed by atoms with Gasteiger partial charge in [0.15, 0.2) is 0 Å². The fourth-order valence-electron chi connectivity index (χ4n) is 2.42. The number of ether oxygens (including phenoxy) is 1. The maximum atomic E-state index is 12.7. The van der Waals surface area contributed by atoms with Crippen LogP contribution in [0.5, 0.6) is 6.08 Å². The molecular weight excluding hydrogens is 345 g/mol. The molecule has 3 aromatic rings. The lowest BCUT2D eigenvalue weighted by Gasteiger charge is -2.09. The van der Waals surface area contributed by atoms with Gasteiger partial charge in [-0.3, -0.25) is 0 Å². The lowest BCUT2D eigenvalue weighted by Crippen LogP contribution is -2.04. The molecule has 0 amide bonds. The molecule has 3 rings (SSSR count). The fraction of sp³-hybridized carbons (Fsp3) is 0.158. The van der Waals surface area contributed by atoms with E-state index in [-0.39, 0.29) is 18.6 Å². The summed E-state index contributed by atoms with van der Waals surface area (Å²) in [5.41, 5.74) is 1.63. The van der Waals surface area contributed by atoms with Crippen LogP contribution in [0.25, 0.3) is 11.5 Å². The van der Waals surface area contributed by atoms with Gasteiger partial charge in [0.1, 0.15) is 6.61 Å². The highest BCUT2D eigenvalue weighted by Crippen LogP contribution is 2.30. The highest BCUT2D eigenvalue weighted by Gasteiger charge is 2.29. The van der Waals surface area contributed by atoms with E-state index in [1.165, 1.54) is 12.1 Å². The van der Waals surface area contributed by atoms with Crippen molar-refractivity contribution in [2.75, 3.05) is 6.61 Å². The van der Waals surface area contributed by atoms with E-state index in [0.717, 1.165) is 23.3 Å². The monoisotopic (exact) mass is 360 g/mol. The van der Waals surface area contributed by atoms with Crippen LogP contribution in [0.15, 0.2) is 65.6 Å². The van der Waals surface area contributed by atoms with Gasteiger partial charge in [0.2, 0.25) is 0 Å². The Kier molecular flexibility index (Phi) is 5.06. The maximum Gasteiger partial charge on any atom is 0.416 e.